The third kappa shape index (κ3) is 3.56. The second-order valence-corrected chi connectivity index (χ2v) is 6.05. The van der Waals surface area contributed by atoms with Gasteiger partial charge in [-0.1, -0.05) is 34.1 Å². The van der Waals surface area contributed by atoms with Crippen molar-refractivity contribution in [3.05, 3.63) is 63.6 Å². The van der Waals surface area contributed by atoms with Crippen LogP contribution in [0.2, 0.25) is 0 Å². The summed E-state index contributed by atoms with van der Waals surface area (Å²) >= 11 is 3.43. The van der Waals surface area contributed by atoms with Crippen LogP contribution in [0.25, 0.3) is 6.08 Å². The molecule has 118 valence electrons. The van der Waals surface area contributed by atoms with E-state index < -0.39 is 0 Å². The number of nitrogens with one attached hydrogen (secondary N) is 1. The Labute approximate surface area is 143 Å². The topological polar surface area (TPSA) is 47.6 Å². The quantitative estimate of drug-likeness (QED) is 0.891. The van der Waals surface area contributed by atoms with Crippen LogP contribution in [0.5, 0.6) is 11.5 Å². The van der Waals surface area contributed by atoms with Gasteiger partial charge in [-0.25, -0.2) is 0 Å². The normalized spacial score (nSPS) is 12.7. The molecule has 1 aliphatic heterocycles. The van der Waals surface area contributed by atoms with Gasteiger partial charge in [0, 0.05) is 22.1 Å². The third-order valence-corrected chi connectivity index (χ3v) is 4.10. The van der Waals surface area contributed by atoms with E-state index in [1.807, 2.05) is 48.5 Å². The molecular formula is C18H16BrNO3. The molecular weight excluding hydrogens is 358 g/mol. The van der Waals surface area contributed by atoms with Crippen molar-refractivity contribution in [1.82, 2.24) is 5.32 Å². The van der Waals surface area contributed by atoms with Gasteiger partial charge in [-0.2, -0.15) is 0 Å². The SMILES string of the molecule is COc1ccc(Br)cc1CNC(=O)C1=Cc2ccccc2OC1. The maximum Gasteiger partial charge on any atom is 0.250 e. The number of fused-ring (bicyclic) bond motifs is 1. The Morgan fingerprint density at radius 3 is 2.96 bits per heavy atom. The molecule has 5 heteroatoms. The highest BCUT2D eigenvalue weighted by Crippen LogP contribution is 2.26. The standard InChI is InChI=1S/C18H16BrNO3/c1-22-16-7-6-15(19)9-13(16)10-20-18(21)14-8-12-4-2-3-5-17(12)23-11-14/h2-9H,10-11H2,1H3,(H,20,21). The van der Waals surface area contributed by atoms with E-state index in [0.29, 0.717) is 12.1 Å². The smallest absolute Gasteiger partial charge is 0.250 e. The summed E-state index contributed by atoms with van der Waals surface area (Å²) in [6, 6.07) is 13.4. The summed E-state index contributed by atoms with van der Waals surface area (Å²) in [4.78, 5) is 12.4. The van der Waals surface area contributed by atoms with Gasteiger partial charge in [0.1, 0.15) is 18.1 Å². The van der Waals surface area contributed by atoms with Crippen LogP contribution in [0.1, 0.15) is 11.1 Å². The number of rotatable bonds is 4. The Balaban J connectivity index is 1.71. The van der Waals surface area contributed by atoms with Gasteiger partial charge < -0.3 is 14.8 Å². The summed E-state index contributed by atoms with van der Waals surface area (Å²) in [5.74, 6) is 1.41. The molecule has 1 aliphatic rings. The van der Waals surface area contributed by atoms with E-state index in [9.17, 15) is 4.79 Å². The van der Waals surface area contributed by atoms with Gasteiger partial charge in [-0.05, 0) is 30.3 Å². The summed E-state index contributed by atoms with van der Waals surface area (Å²) in [6.45, 7) is 0.666. The lowest BCUT2D eigenvalue weighted by atomic mass is 10.1. The lowest BCUT2D eigenvalue weighted by molar-refractivity contribution is -0.117. The molecule has 0 saturated carbocycles. The first-order chi connectivity index (χ1) is 11.2. The molecule has 1 N–H and O–H groups in total. The van der Waals surface area contributed by atoms with Gasteiger partial charge in [0.15, 0.2) is 0 Å². The van der Waals surface area contributed by atoms with Crippen molar-refractivity contribution in [3.63, 3.8) is 0 Å². The maximum atomic E-state index is 12.4. The molecule has 0 saturated heterocycles. The van der Waals surface area contributed by atoms with Crippen molar-refractivity contribution in [2.45, 2.75) is 6.54 Å². The zero-order chi connectivity index (χ0) is 16.2. The highest BCUT2D eigenvalue weighted by atomic mass is 79.9. The van der Waals surface area contributed by atoms with Crippen molar-refractivity contribution in [2.24, 2.45) is 0 Å². The number of benzene rings is 2. The van der Waals surface area contributed by atoms with Gasteiger partial charge in [0.05, 0.1) is 12.7 Å². The van der Waals surface area contributed by atoms with Gasteiger partial charge >= 0.3 is 0 Å². The third-order valence-electron chi connectivity index (χ3n) is 3.61. The van der Waals surface area contributed by atoms with E-state index in [0.717, 1.165) is 27.1 Å². The Hall–Kier alpha value is -2.27. The van der Waals surface area contributed by atoms with Gasteiger partial charge in [0.25, 0.3) is 5.91 Å². The van der Waals surface area contributed by atoms with E-state index in [2.05, 4.69) is 21.2 Å². The number of methoxy groups -OCH3 is 1. The van der Waals surface area contributed by atoms with E-state index in [-0.39, 0.29) is 12.5 Å². The molecule has 0 unspecified atom stereocenters. The fraction of sp³-hybridized carbons (Fsp3) is 0.167. The predicted octanol–water partition coefficient (Wildman–Crippen LogP) is 3.55. The van der Waals surface area contributed by atoms with Crippen molar-refractivity contribution in [3.8, 4) is 11.5 Å². The van der Waals surface area contributed by atoms with Crippen LogP contribution in [0.4, 0.5) is 0 Å². The monoisotopic (exact) mass is 373 g/mol. The number of para-hydroxylation sites is 1. The fourth-order valence-electron chi connectivity index (χ4n) is 2.42. The van der Waals surface area contributed by atoms with Gasteiger partial charge in [-0.3, -0.25) is 4.79 Å². The molecule has 0 aromatic heterocycles. The van der Waals surface area contributed by atoms with Crippen molar-refractivity contribution in [2.75, 3.05) is 13.7 Å². The molecule has 2 aromatic rings. The molecule has 0 fully saturated rings. The lowest BCUT2D eigenvalue weighted by Gasteiger charge is -2.18. The fourth-order valence-corrected chi connectivity index (χ4v) is 2.83. The highest BCUT2D eigenvalue weighted by molar-refractivity contribution is 9.10. The zero-order valence-electron chi connectivity index (χ0n) is 12.6. The minimum absolute atomic E-state index is 0.137. The second kappa shape index (κ2) is 6.87. The van der Waals surface area contributed by atoms with Crippen LogP contribution >= 0.6 is 15.9 Å². The first-order valence-corrected chi connectivity index (χ1v) is 7.99. The van der Waals surface area contributed by atoms with Gasteiger partial charge in [0.2, 0.25) is 0 Å². The highest BCUT2D eigenvalue weighted by Gasteiger charge is 2.17. The second-order valence-electron chi connectivity index (χ2n) is 5.13. The van der Waals surface area contributed by atoms with Crippen LogP contribution < -0.4 is 14.8 Å². The summed E-state index contributed by atoms with van der Waals surface area (Å²) < 4.78 is 11.9. The minimum atomic E-state index is -0.137. The van der Waals surface area contributed by atoms with Crippen molar-refractivity contribution in [1.29, 1.82) is 0 Å². The molecule has 0 spiro atoms. The molecule has 2 aromatic carbocycles. The minimum Gasteiger partial charge on any atom is -0.496 e. The Morgan fingerprint density at radius 1 is 1.30 bits per heavy atom. The molecule has 1 amide bonds. The van der Waals surface area contributed by atoms with Crippen LogP contribution in [-0.4, -0.2) is 19.6 Å². The van der Waals surface area contributed by atoms with E-state index >= 15 is 0 Å². The molecule has 0 atom stereocenters. The number of ether oxygens (including phenoxy) is 2. The van der Waals surface area contributed by atoms with E-state index in [4.69, 9.17) is 9.47 Å². The predicted molar refractivity (Wildman–Crippen MR) is 92.5 cm³/mol. The summed E-state index contributed by atoms with van der Waals surface area (Å²) in [5.41, 5.74) is 2.44. The lowest BCUT2D eigenvalue weighted by Crippen LogP contribution is -2.28. The van der Waals surface area contributed by atoms with E-state index in [1.165, 1.54) is 0 Å². The molecule has 3 rings (SSSR count). The number of amides is 1. The van der Waals surface area contributed by atoms with Gasteiger partial charge in [-0.15, -0.1) is 0 Å². The molecule has 0 radical (unpaired) electrons. The average molecular weight is 374 g/mol. The first kappa shape index (κ1) is 15.6. The summed E-state index contributed by atoms with van der Waals surface area (Å²) in [7, 11) is 1.61. The van der Waals surface area contributed by atoms with Crippen molar-refractivity contribution >= 4 is 27.9 Å². The van der Waals surface area contributed by atoms with Crippen LogP contribution in [0.15, 0.2) is 52.5 Å². The Bertz CT molecular complexity index is 771. The molecule has 23 heavy (non-hydrogen) atoms. The molecule has 0 aliphatic carbocycles. The van der Waals surface area contributed by atoms with Crippen molar-refractivity contribution < 1.29 is 14.3 Å². The average Bonchev–Trinajstić information content (AvgIpc) is 2.59. The summed E-state index contributed by atoms with van der Waals surface area (Å²) in [6.07, 6.45) is 1.87. The largest absolute Gasteiger partial charge is 0.496 e. The van der Waals surface area contributed by atoms with E-state index in [1.54, 1.807) is 7.11 Å². The number of hydrogen-bond acceptors (Lipinski definition) is 3. The zero-order valence-corrected chi connectivity index (χ0v) is 14.2. The molecule has 1 heterocycles. The van der Waals surface area contributed by atoms with Crippen LogP contribution in [-0.2, 0) is 11.3 Å². The molecule has 4 nitrogen and oxygen atoms in total. The van der Waals surface area contributed by atoms with Crippen LogP contribution in [0.3, 0.4) is 0 Å². The first-order valence-electron chi connectivity index (χ1n) is 7.20. The Morgan fingerprint density at radius 2 is 2.13 bits per heavy atom. The summed E-state index contributed by atoms with van der Waals surface area (Å²) in [5, 5.41) is 2.91. The number of carbonyl (C=O) groups excluding carboxylic acids is 1. The Kier molecular flexibility index (Phi) is 4.67. The maximum absolute atomic E-state index is 12.4. The number of hydrogen-bond donors (Lipinski definition) is 1. The molecule has 0 bridgehead atoms. The number of carbonyl (C=O) groups is 1. The number of halogens is 1. The van der Waals surface area contributed by atoms with Crippen LogP contribution in [0, 0.1) is 0 Å².